The Bertz CT molecular complexity index is 529. The minimum Gasteiger partial charge on any atom is -0.337 e. The summed E-state index contributed by atoms with van der Waals surface area (Å²) in [5.41, 5.74) is 9.35. The number of likely N-dealkylation sites (tertiary alicyclic amines) is 1. The fraction of sp³-hybridized carbons (Fsp3) is 0.647. The predicted octanol–water partition coefficient (Wildman–Crippen LogP) is 2.16. The van der Waals surface area contributed by atoms with Crippen LogP contribution in [0.15, 0.2) is 12.3 Å². The Hall–Kier alpha value is -1.42. The third kappa shape index (κ3) is 2.95. The fourth-order valence-electron chi connectivity index (χ4n) is 3.63. The van der Waals surface area contributed by atoms with Gasteiger partial charge in [-0.1, -0.05) is 13.3 Å². The number of fused-ring (bicyclic) bond motifs is 1. The summed E-state index contributed by atoms with van der Waals surface area (Å²) in [4.78, 5) is 19.1. The van der Waals surface area contributed by atoms with Crippen molar-refractivity contribution in [2.45, 2.75) is 51.5 Å². The van der Waals surface area contributed by atoms with E-state index in [-0.39, 0.29) is 11.9 Å². The van der Waals surface area contributed by atoms with Gasteiger partial charge in [0.05, 0.1) is 5.56 Å². The van der Waals surface area contributed by atoms with E-state index in [4.69, 9.17) is 5.73 Å². The molecule has 1 fully saturated rings. The van der Waals surface area contributed by atoms with Gasteiger partial charge < -0.3 is 10.6 Å². The summed E-state index contributed by atoms with van der Waals surface area (Å²) in [6.07, 6.45) is 8.52. The zero-order valence-electron chi connectivity index (χ0n) is 12.8. The molecular weight excluding hydrogens is 262 g/mol. The van der Waals surface area contributed by atoms with Gasteiger partial charge in [-0.3, -0.25) is 9.78 Å². The molecule has 0 aromatic carbocycles. The highest BCUT2D eigenvalue weighted by atomic mass is 16.2. The van der Waals surface area contributed by atoms with Crippen LogP contribution in [-0.2, 0) is 12.8 Å². The number of hydrogen-bond donors (Lipinski definition) is 1. The summed E-state index contributed by atoms with van der Waals surface area (Å²) < 4.78 is 0. The lowest BCUT2D eigenvalue weighted by molar-refractivity contribution is 0.0785. The fourth-order valence-corrected chi connectivity index (χ4v) is 3.63. The Kier molecular flexibility index (Phi) is 4.24. The molecule has 1 saturated heterocycles. The van der Waals surface area contributed by atoms with Crippen molar-refractivity contribution in [3.8, 4) is 0 Å². The van der Waals surface area contributed by atoms with Crippen molar-refractivity contribution < 1.29 is 4.79 Å². The summed E-state index contributed by atoms with van der Waals surface area (Å²) in [5.74, 6) is 0.550. The number of aromatic nitrogens is 1. The monoisotopic (exact) mass is 287 g/mol. The van der Waals surface area contributed by atoms with Crippen molar-refractivity contribution in [2.24, 2.45) is 11.7 Å². The maximum Gasteiger partial charge on any atom is 0.255 e. The molecule has 1 aromatic heterocycles. The number of nitrogens with two attached hydrogens (primary N) is 1. The van der Waals surface area contributed by atoms with Crippen LogP contribution in [0.1, 0.15) is 54.2 Å². The number of amides is 1. The molecule has 0 spiro atoms. The van der Waals surface area contributed by atoms with E-state index >= 15 is 0 Å². The minimum absolute atomic E-state index is 0.102. The number of hydrogen-bond acceptors (Lipinski definition) is 3. The van der Waals surface area contributed by atoms with Gasteiger partial charge in [-0.2, -0.15) is 0 Å². The third-order valence-corrected chi connectivity index (χ3v) is 4.85. The first-order valence-corrected chi connectivity index (χ1v) is 8.21. The summed E-state index contributed by atoms with van der Waals surface area (Å²) in [6, 6.07) is 2.18. The van der Waals surface area contributed by atoms with Crippen LogP contribution in [0.5, 0.6) is 0 Å². The van der Waals surface area contributed by atoms with Crippen LogP contribution in [0, 0.1) is 5.92 Å². The number of rotatable bonds is 3. The van der Waals surface area contributed by atoms with Gasteiger partial charge >= 0.3 is 0 Å². The van der Waals surface area contributed by atoms with E-state index < -0.39 is 0 Å². The molecule has 1 aliphatic carbocycles. The van der Waals surface area contributed by atoms with Crippen molar-refractivity contribution >= 4 is 5.91 Å². The second-order valence-electron chi connectivity index (χ2n) is 6.46. The Morgan fingerprint density at radius 2 is 2.19 bits per heavy atom. The first-order chi connectivity index (χ1) is 10.2. The van der Waals surface area contributed by atoms with Gasteiger partial charge in [0, 0.05) is 31.0 Å². The maximum absolute atomic E-state index is 12.7. The molecule has 1 aromatic rings. The number of carbonyl (C=O) groups excluding carboxylic acids is 1. The van der Waals surface area contributed by atoms with Gasteiger partial charge in [0.2, 0.25) is 0 Å². The highest BCUT2D eigenvalue weighted by molar-refractivity contribution is 5.94. The van der Waals surface area contributed by atoms with E-state index in [0.29, 0.717) is 12.5 Å². The molecule has 114 valence electrons. The van der Waals surface area contributed by atoms with Crippen LogP contribution in [0.3, 0.4) is 0 Å². The van der Waals surface area contributed by atoms with Crippen LogP contribution in [0.4, 0.5) is 0 Å². The van der Waals surface area contributed by atoms with Crippen LogP contribution in [0.2, 0.25) is 0 Å². The normalized spacial score (nSPS) is 25.0. The van der Waals surface area contributed by atoms with Gasteiger partial charge in [-0.05, 0) is 49.7 Å². The van der Waals surface area contributed by atoms with Crippen LogP contribution < -0.4 is 5.73 Å². The standard InChI is InChI=1S/C17H25N3O/c1-2-5-13-10-20(11-15(13)18)17(21)14-8-12-6-3-4-7-16(12)19-9-14/h8-9,13,15H,2-7,10-11,18H2,1H3/t13-,15-/m1/s1. The smallest absolute Gasteiger partial charge is 0.255 e. The average molecular weight is 287 g/mol. The zero-order valence-corrected chi connectivity index (χ0v) is 12.8. The van der Waals surface area contributed by atoms with E-state index in [2.05, 4.69) is 18.0 Å². The number of carbonyl (C=O) groups is 1. The second kappa shape index (κ2) is 6.14. The van der Waals surface area contributed by atoms with E-state index in [9.17, 15) is 4.79 Å². The molecule has 21 heavy (non-hydrogen) atoms. The highest BCUT2D eigenvalue weighted by Gasteiger charge is 2.32. The van der Waals surface area contributed by atoms with Crippen molar-refractivity contribution in [3.05, 3.63) is 29.1 Å². The molecule has 3 rings (SSSR count). The van der Waals surface area contributed by atoms with E-state index in [0.717, 1.165) is 37.8 Å². The van der Waals surface area contributed by atoms with E-state index in [1.165, 1.54) is 24.1 Å². The van der Waals surface area contributed by atoms with Crippen molar-refractivity contribution in [3.63, 3.8) is 0 Å². The minimum atomic E-state index is 0.102. The topological polar surface area (TPSA) is 59.2 Å². The lowest BCUT2D eigenvalue weighted by Gasteiger charge is -2.19. The van der Waals surface area contributed by atoms with E-state index in [1.807, 2.05) is 4.90 Å². The molecule has 4 nitrogen and oxygen atoms in total. The average Bonchev–Trinajstić information content (AvgIpc) is 2.87. The van der Waals surface area contributed by atoms with E-state index in [1.54, 1.807) is 6.20 Å². The third-order valence-electron chi connectivity index (χ3n) is 4.85. The summed E-state index contributed by atoms with van der Waals surface area (Å²) in [6.45, 7) is 3.65. The molecule has 0 saturated carbocycles. The largest absolute Gasteiger partial charge is 0.337 e. The Labute approximate surface area is 126 Å². The zero-order chi connectivity index (χ0) is 14.8. The Balaban J connectivity index is 1.74. The highest BCUT2D eigenvalue weighted by Crippen LogP contribution is 2.24. The maximum atomic E-state index is 12.7. The number of aryl methyl sites for hydroxylation is 2. The molecule has 0 bridgehead atoms. The molecule has 2 heterocycles. The molecule has 0 radical (unpaired) electrons. The first-order valence-electron chi connectivity index (χ1n) is 8.21. The van der Waals surface area contributed by atoms with Crippen LogP contribution in [0.25, 0.3) is 0 Å². The summed E-state index contributed by atoms with van der Waals surface area (Å²) >= 11 is 0. The molecule has 1 aliphatic heterocycles. The van der Waals surface area contributed by atoms with Crippen LogP contribution in [-0.4, -0.2) is 34.9 Å². The second-order valence-corrected chi connectivity index (χ2v) is 6.46. The molecular formula is C17H25N3O. The van der Waals surface area contributed by atoms with Crippen LogP contribution >= 0.6 is 0 Å². The molecule has 4 heteroatoms. The molecule has 2 N–H and O–H groups in total. The van der Waals surface area contributed by atoms with Crippen molar-refractivity contribution in [1.82, 2.24) is 9.88 Å². The predicted molar refractivity (Wildman–Crippen MR) is 83.2 cm³/mol. The SMILES string of the molecule is CCC[C@@H]1CN(C(=O)c2cnc3c(c2)CCCC3)C[C@H]1N. The number of nitrogens with zero attached hydrogens (tertiary/aromatic N) is 2. The molecule has 2 atom stereocenters. The lowest BCUT2D eigenvalue weighted by atomic mass is 9.95. The Morgan fingerprint density at radius 3 is 3.00 bits per heavy atom. The summed E-state index contributed by atoms with van der Waals surface area (Å²) in [5, 5.41) is 0. The van der Waals surface area contributed by atoms with Gasteiger partial charge in [0.15, 0.2) is 0 Å². The Morgan fingerprint density at radius 1 is 1.38 bits per heavy atom. The first kappa shape index (κ1) is 14.5. The molecule has 0 unspecified atom stereocenters. The van der Waals surface area contributed by atoms with Gasteiger partial charge in [0.25, 0.3) is 5.91 Å². The van der Waals surface area contributed by atoms with Gasteiger partial charge in [0.1, 0.15) is 0 Å². The lowest BCUT2D eigenvalue weighted by Crippen LogP contribution is -2.32. The quantitative estimate of drug-likeness (QED) is 0.926. The van der Waals surface area contributed by atoms with Crippen molar-refractivity contribution in [2.75, 3.05) is 13.1 Å². The number of pyridine rings is 1. The van der Waals surface area contributed by atoms with Gasteiger partial charge in [-0.15, -0.1) is 0 Å². The van der Waals surface area contributed by atoms with Gasteiger partial charge in [-0.25, -0.2) is 0 Å². The molecule has 1 amide bonds. The molecule has 2 aliphatic rings. The van der Waals surface area contributed by atoms with Crippen molar-refractivity contribution in [1.29, 1.82) is 0 Å². The summed E-state index contributed by atoms with van der Waals surface area (Å²) in [7, 11) is 0.